The number of azide groups is 2. The lowest BCUT2D eigenvalue weighted by atomic mass is 10.00. The van der Waals surface area contributed by atoms with Gasteiger partial charge in [0.15, 0.2) is 5.96 Å². The van der Waals surface area contributed by atoms with Gasteiger partial charge >= 0.3 is 0 Å². The molecule has 164 valence electrons. The smallest absolute Gasteiger partial charge is 0.189 e. The Labute approximate surface area is 194 Å². The van der Waals surface area contributed by atoms with Gasteiger partial charge in [-0.2, -0.15) is 0 Å². The summed E-state index contributed by atoms with van der Waals surface area (Å²) in [5.41, 5.74) is 29.7. The summed E-state index contributed by atoms with van der Waals surface area (Å²) in [5, 5.41) is 20.5. The minimum absolute atomic E-state index is 0.00940. The molecule has 4 aromatic carbocycles. The van der Waals surface area contributed by atoms with E-state index in [9.17, 15) is 0 Å². The SMILES string of the molecule is [N-]=[N+]=Nc1cc2c3c(cccc3c1)C(N(C(=N)N)C1Cc3cc(N=[N+]=[N-])cc4cccc1c34)C2. The van der Waals surface area contributed by atoms with Crippen LogP contribution in [0.5, 0.6) is 0 Å². The van der Waals surface area contributed by atoms with Crippen LogP contribution in [0.15, 0.2) is 70.9 Å². The Hall–Kier alpha value is -4.71. The van der Waals surface area contributed by atoms with Crippen molar-refractivity contribution in [2.45, 2.75) is 24.9 Å². The standard InChI is InChI=1S/C25H19N9/c26-25(27)34(21-11-15-9-17(30-32-28)7-13-3-1-5-19(21)23(13)15)22-12-16-10-18(31-33-29)8-14-4-2-6-20(22)24(14)16/h1-10,21-22H,11-12H2,(H3,26,27). The predicted molar refractivity (Wildman–Crippen MR) is 132 cm³/mol. The van der Waals surface area contributed by atoms with Crippen LogP contribution < -0.4 is 5.73 Å². The number of nitrogens with two attached hydrogens (primary N) is 1. The second kappa shape index (κ2) is 7.42. The molecule has 0 aliphatic heterocycles. The molecule has 2 aliphatic rings. The minimum atomic E-state index is -0.122. The van der Waals surface area contributed by atoms with Gasteiger partial charge in [-0.15, -0.1) is 0 Å². The minimum Gasteiger partial charge on any atom is -0.370 e. The van der Waals surface area contributed by atoms with Crippen LogP contribution in [-0.4, -0.2) is 10.9 Å². The van der Waals surface area contributed by atoms with E-state index >= 15 is 0 Å². The maximum atomic E-state index is 8.92. The summed E-state index contributed by atoms with van der Waals surface area (Å²) in [5.74, 6) is 0.00940. The largest absolute Gasteiger partial charge is 0.370 e. The van der Waals surface area contributed by atoms with Gasteiger partial charge in [0.1, 0.15) is 0 Å². The molecule has 2 aliphatic carbocycles. The molecule has 0 bridgehead atoms. The van der Waals surface area contributed by atoms with Crippen molar-refractivity contribution in [2.24, 2.45) is 16.0 Å². The van der Waals surface area contributed by atoms with Crippen molar-refractivity contribution in [1.29, 1.82) is 5.41 Å². The van der Waals surface area contributed by atoms with Crippen molar-refractivity contribution < 1.29 is 0 Å². The summed E-state index contributed by atoms with van der Waals surface area (Å²) in [6.45, 7) is 0. The first-order chi connectivity index (χ1) is 16.6. The maximum absolute atomic E-state index is 8.92. The average Bonchev–Trinajstić information content (AvgIpc) is 3.36. The molecular weight excluding hydrogens is 426 g/mol. The molecule has 0 saturated heterocycles. The van der Waals surface area contributed by atoms with Crippen molar-refractivity contribution in [3.05, 3.63) is 104 Å². The summed E-state index contributed by atoms with van der Waals surface area (Å²) in [6, 6.07) is 19.6. The zero-order valence-corrected chi connectivity index (χ0v) is 18.1. The third-order valence-corrected chi connectivity index (χ3v) is 6.97. The van der Waals surface area contributed by atoms with Crippen LogP contribution in [0.3, 0.4) is 0 Å². The van der Waals surface area contributed by atoms with Gasteiger partial charge in [0, 0.05) is 21.2 Å². The van der Waals surface area contributed by atoms with E-state index in [1.165, 1.54) is 0 Å². The van der Waals surface area contributed by atoms with Gasteiger partial charge in [-0.05, 0) is 92.0 Å². The highest BCUT2D eigenvalue weighted by molar-refractivity contribution is 5.96. The van der Waals surface area contributed by atoms with Gasteiger partial charge in [-0.25, -0.2) is 0 Å². The molecule has 2 unspecified atom stereocenters. The van der Waals surface area contributed by atoms with Gasteiger partial charge in [0.25, 0.3) is 0 Å². The van der Waals surface area contributed by atoms with E-state index in [2.05, 4.69) is 32.2 Å². The first-order valence-corrected chi connectivity index (χ1v) is 10.9. The second-order valence-corrected chi connectivity index (χ2v) is 8.71. The fraction of sp³-hybridized carbons (Fsp3) is 0.160. The van der Waals surface area contributed by atoms with Crippen molar-refractivity contribution >= 4 is 38.9 Å². The first kappa shape index (κ1) is 19.9. The van der Waals surface area contributed by atoms with E-state index in [0.29, 0.717) is 24.2 Å². The molecule has 9 heteroatoms. The van der Waals surface area contributed by atoms with Crippen LogP contribution in [0.25, 0.3) is 42.4 Å². The quantitative estimate of drug-likeness (QED) is 0.115. The Balaban J connectivity index is 1.48. The number of benzene rings is 4. The number of hydrogen-bond donors (Lipinski definition) is 2. The molecule has 0 saturated carbocycles. The fourth-order valence-electron chi connectivity index (χ4n) is 5.85. The monoisotopic (exact) mass is 445 g/mol. The Morgan fingerprint density at radius 1 is 0.824 bits per heavy atom. The number of rotatable bonds is 4. The number of hydrogen-bond acceptors (Lipinski definition) is 3. The second-order valence-electron chi connectivity index (χ2n) is 8.71. The molecule has 3 N–H and O–H groups in total. The van der Waals surface area contributed by atoms with E-state index in [1.807, 2.05) is 53.4 Å². The molecule has 0 radical (unpaired) electrons. The lowest BCUT2D eigenvalue weighted by Gasteiger charge is -2.36. The molecular formula is C25H19N9. The van der Waals surface area contributed by atoms with Gasteiger partial charge in [-0.3, -0.25) is 5.41 Å². The lowest BCUT2D eigenvalue weighted by molar-refractivity contribution is 0.241. The average molecular weight is 445 g/mol. The van der Waals surface area contributed by atoms with Gasteiger partial charge < -0.3 is 10.6 Å². The molecule has 0 fully saturated rings. The van der Waals surface area contributed by atoms with E-state index in [-0.39, 0.29) is 18.0 Å². The van der Waals surface area contributed by atoms with E-state index in [0.717, 1.165) is 43.8 Å². The first-order valence-electron chi connectivity index (χ1n) is 10.9. The molecule has 4 aromatic rings. The number of guanidine groups is 1. The molecule has 0 amide bonds. The zero-order chi connectivity index (χ0) is 23.4. The predicted octanol–water partition coefficient (Wildman–Crippen LogP) is 6.97. The molecule has 0 aromatic heterocycles. The van der Waals surface area contributed by atoms with Crippen LogP contribution in [0.1, 0.15) is 34.3 Å². The van der Waals surface area contributed by atoms with E-state index in [1.54, 1.807) is 0 Å². The molecule has 0 spiro atoms. The Kier molecular flexibility index (Phi) is 4.35. The van der Waals surface area contributed by atoms with Crippen molar-refractivity contribution in [2.75, 3.05) is 0 Å². The van der Waals surface area contributed by atoms with Crippen molar-refractivity contribution in [3.63, 3.8) is 0 Å². The third-order valence-electron chi connectivity index (χ3n) is 6.97. The Bertz CT molecular complexity index is 1510. The lowest BCUT2D eigenvalue weighted by Crippen LogP contribution is -2.42. The normalized spacial score (nSPS) is 17.4. The van der Waals surface area contributed by atoms with Crippen LogP contribution in [0.4, 0.5) is 11.4 Å². The van der Waals surface area contributed by atoms with Gasteiger partial charge in [0.2, 0.25) is 0 Å². The summed E-state index contributed by atoms with van der Waals surface area (Å²) >= 11 is 0. The van der Waals surface area contributed by atoms with Crippen LogP contribution in [0.2, 0.25) is 0 Å². The maximum Gasteiger partial charge on any atom is 0.189 e. The zero-order valence-electron chi connectivity index (χ0n) is 18.1. The highest BCUT2D eigenvalue weighted by atomic mass is 15.3. The highest BCUT2D eigenvalue weighted by Crippen LogP contribution is 2.48. The molecule has 9 nitrogen and oxygen atoms in total. The van der Waals surface area contributed by atoms with Crippen molar-refractivity contribution in [3.8, 4) is 0 Å². The van der Waals surface area contributed by atoms with Crippen LogP contribution >= 0.6 is 0 Å². The van der Waals surface area contributed by atoms with Crippen LogP contribution in [-0.2, 0) is 12.8 Å². The van der Waals surface area contributed by atoms with Gasteiger partial charge in [0.05, 0.1) is 12.1 Å². The Morgan fingerprint density at radius 3 is 1.71 bits per heavy atom. The summed E-state index contributed by atoms with van der Waals surface area (Å²) in [7, 11) is 0. The van der Waals surface area contributed by atoms with E-state index in [4.69, 9.17) is 22.2 Å². The molecule has 34 heavy (non-hydrogen) atoms. The van der Waals surface area contributed by atoms with Gasteiger partial charge in [-0.1, -0.05) is 46.6 Å². The topological polar surface area (TPSA) is 151 Å². The van der Waals surface area contributed by atoms with Crippen LogP contribution in [0, 0.1) is 5.41 Å². The molecule has 2 atom stereocenters. The van der Waals surface area contributed by atoms with Crippen molar-refractivity contribution in [1.82, 2.24) is 4.90 Å². The number of nitrogens with zero attached hydrogens (tertiary/aromatic N) is 7. The highest BCUT2D eigenvalue weighted by Gasteiger charge is 2.38. The summed E-state index contributed by atoms with van der Waals surface area (Å²) in [4.78, 5) is 7.90. The van der Waals surface area contributed by atoms with E-state index < -0.39 is 0 Å². The summed E-state index contributed by atoms with van der Waals surface area (Å²) in [6.07, 6.45) is 1.33. The Morgan fingerprint density at radius 2 is 1.29 bits per heavy atom. The molecule has 6 rings (SSSR count). The summed E-state index contributed by atoms with van der Waals surface area (Å²) < 4.78 is 0. The molecule has 0 heterocycles. The fourth-order valence-corrected chi connectivity index (χ4v) is 5.85. The number of nitrogens with one attached hydrogen (secondary N) is 1. The third kappa shape index (κ3) is 2.85.